The van der Waals surface area contributed by atoms with Crippen LogP contribution in [0.2, 0.25) is 0 Å². The van der Waals surface area contributed by atoms with Gasteiger partial charge in [0.15, 0.2) is 0 Å². The lowest BCUT2D eigenvalue weighted by Gasteiger charge is -2.23. The Hall–Kier alpha value is -0.760. The number of H-pyrrole nitrogens is 1. The normalized spacial score (nSPS) is 16.9. The first-order valence-electron chi connectivity index (χ1n) is 5.50. The van der Waals surface area contributed by atoms with Crippen LogP contribution in [-0.4, -0.2) is 4.98 Å². The Balaban J connectivity index is 2.53. The highest BCUT2D eigenvalue weighted by Crippen LogP contribution is 2.32. The molecule has 0 aromatic carbocycles. The minimum absolute atomic E-state index is 0.203. The van der Waals surface area contributed by atoms with E-state index in [0.717, 1.165) is 0 Å². The summed E-state index contributed by atoms with van der Waals surface area (Å²) in [5.41, 5.74) is 11.6. The van der Waals surface area contributed by atoms with Crippen LogP contribution in [-0.2, 0) is 18.4 Å². The first-order chi connectivity index (χ1) is 6.50. The molecular weight excluding hydrogens is 172 g/mol. The third kappa shape index (κ3) is 1.48. The third-order valence-electron chi connectivity index (χ3n) is 3.13. The molecule has 1 heterocycles. The van der Waals surface area contributed by atoms with E-state index >= 15 is 0 Å². The van der Waals surface area contributed by atoms with Crippen molar-refractivity contribution in [3.8, 4) is 0 Å². The van der Waals surface area contributed by atoms with Crippen LogP contribution in [0.4, 0.5) is 0 Å². The Labute approximate surface area is 85.9 Å². The smallest absolute Gasteiger partial charge is 0.0373 e. The summed E-state index contributed by atoms with van der Waals surface area (Å²) < 4.78 is 0. The summed E-state index contributed by atoms with van der Waals surface area (Å²) in [6.45, 7) is 6.33. The lowest BCUT2D eigenvalue weighted by molar-refractivity contribution is 0.540. The van der Waals surface area contributed by atoms with Crippen LogP contribution in [0, 0.1) is 6.92 Å². The van der Waals surface area contributed by atoms with Crippen molar-refractivity contribution in [1.82, 2.24) is 4.98 Å². The van der Waals surface area contributed by atoms with Crippen molar-refractivity contribution in [2.45, 2.75) is 52.0 Å². The number of hydrogen-bond acceptors (Lipinski definition) is 1. The molecule has 1 aliphatic carbocycles. The van der Waals surface area contributed by atoms with Crippen LogP contribution >= 0.6 is 0 Å². The van der Waals surface area contributed by atoms with E-state index in [0.29, 0.717) is 0 Å². The molecule has 0 fully saturated rings. The Kier molecular flexibility index (Phi) is 2.18. The predicted molar refractivity (Wildman–Crippen MR) is 59.4 cm³/mol. The lowest BCUT2D eigenvalue weighted by Crippen LogP contribution is -2.30. The molecule has 0 unspecified atom stereocenters. The second-order valence-corrected chi connectivity index (χ2v) is 5.01. The van der Waals surface area contributed by atoms with Crippen molar-refractivity contribution in [2.24, 2.45) is 5.73 Å². The van der Waals surface area contributed by atoms with Crippen LogP contribution in [0.15, 0.2) is 0 Å². The highest BCUT2D eigenvalue weighted by atomic mass is 14.8. The van der Waals surface area contributed by atoms with Gasteiger partial charge in [0, 0.05) is 16.9 Å². The molecule has 2 heteroatoms. The quantitative estimate of drug-likeness (QED) is 0.705. The summed E-state index contributed by atoms with van der Waals surface area (Å²) in [6, 6.07) is 0. The fourth-order valence-electron chi connectivity index (χ4n) is 2.71. The number of aromatic nitrogens is 1. The van der Waals surface area contributed by atoms with Crippen molar-refractivity contribution >= 4 is 0 Å². The molecule has 14 heavy (non-hydrogen) atoms. The number of aromatic amines is 1. The Bertz CT molecular complexity index is 342. The number of nitrogens with two attached hydrogens (primary N) is 1. The molecular formula is C12H20N2. The number of hydrogen-bond donors (Lipinski definition) is 2. The van der Waals surface area contributed by atoms with E-state index in [-0.39, 0.29) is 5.54 Å². The maximum atomic E-state index is 6.21. The molecule has 0 radical (unpaired) electrons. The van der Waals surface area contributed by atoms with E-state index in [2.05, 4.69) is 25.8 Å². The van der Waals surface area contributed by atoms with Gasteiger partial charge in [-0.3, -0.25) is 0 Å². The zero-order valence-corrected chi connectivity index (χ0v) is 9.41. The SMILES string of the molecule is Cc1[nH]c2c(c1C(C)(C)N)CCCC2. The van der Waals surface area contributed by atoms with Gasteiger partial charge in [0.25, 0.3) is 0 Å². The Morgan fingerprint density at radius 1 is 1.21 bits per heavy atom. The van der Waals surface area contributed by atoms with Crippen LogP contribution in [0.3, 0.4) is 0 Å². The van der Waals surface area contributed by atoms with Gasteiger partial charge in [-0.1, -0.05) is 0 Å². The number of aryl methyl sites for hydroxylation is 2. The van der Waals surface area contributed by atoms with E-state index < -0.39 is 0 Å². The van der Waals surface area contributed by atoms with Gasteiger partial charge in [-0.2, -0.15) is 0 Å². The molecule has 0 saturated heterocycles. The molecule has 0 aliphatic heterocycles. The van der Waals surface area contributed by atoms with Crippen LogP contribution < -0.4 is 5.73 Å². The van der Waals surface area contributed by atoms with Gasteiger partial charge in [0.05, 0.1) is 0 Å². The average molecular weight is 192 g/mol. The maximum absolute atomic E-state index is 6.21. The standard InChI is InChI=1S/C12H20N2/c1-8-11(12(2,3)13)9-6-4-5-7-10(9)14-8/h14H,4-7,13H2,1-3H3. The minimum Gasteiger partial charge on any atom is -0.362 e. The molecule has 1 aliphatic rings. The number of fused-ring (bicyclic) bond motifs is 1. The summed E-state index contributed by atoms with van der Waals surface area (Å²) >= 11 is 0. The average Bonchev–Trinajstić information content (AvgIpc) is 2.38. The van der Waals surface area contributed by atoms with Crippen LogP contribution in [0.25, 0.3) is 0 Å². The van der Waals surface area contributed by atoms with E-state index in [1.54, 1.807) is 0 Å². The summed E-state index contributed by atoms with van der Waals surface area (Å²) in [4.78, 5) is 3.49. The zero-order chi connectivity index (χ0) is 10.3. The first-order valence-corrected chi connectivity index (χ1v) is 5.50. The van der Waals surface area contributed by atoms with Gasteiger partial charge in [-0.15, -0.1) is 0 Å². The minimum atomic E-state index is -0.203. The summed E-state index contributed by atoms with van der Waals surface area (Å²) in [6.07, 6.45) is 5.03. The van der Waals surface area contributed by atoms with Crippen molar-refractivity contribution in [2.75, 3.05) is 0 Å². The van der Waals surface area contributed by atoms with Crippen molar-refractivity contribution in [3.63, 3.8) is 0 Å². The van der Waals surface area contributed by atoms with Crippen molar-refractivity contribution < 1.29 is 0 Å². The van der Waals surface area contributed by atoms with E-state index in [1.165, 1.54) is 48.2 Å². The maximum Gasteiger partial charge on any atom is 0.0373 e. The van der Waals surface area contributed by atoms with Gasteiger partial charge < -0.3 is 10.7 Å². The predicted octanol–water partition coefficient (Wildman–Crippen LogP) is 2.40. The first kappa shape index (κ1) is 9.78. The third-order valence-corrected chi connectivity index (χ3v) is 3.13. The molecule has 78 valence electrons. The number of rotatable bonds is 1. The molecule has 2 nitrogen and oxygen atoms in total. The highest BCUT2D eigenvalue weighted by Gasteiger charge is 2.26. The van der Waals surface area contributed by atoms with Gasteiger partial charge in [0.2, 0.25) is 0 Å². The van der Waals surface area contributed by atoms with E-state index in [4.69, 9.17) is 5.73 Å². The van der Waals surface area contributed by atoms with Crippen molar-refractivity contribution in [1.29, 1.82) is 0 Å². The molecule has 2 rings (SSSR count). The summed E-state index contributed by atoms with van der Waals surface area (Å²) in [5.74, 6) is 0. The lowest BCUT2D eigenvalue weighted by atomic mass is 9.86. The van der Waals surface area contributed by atoms with Gasteiger partial charge in [0.1, 0.15) is 0 Å². The summed E-state index contributed by atoms with van der Waals surface area (Å²) in [5, 5.41) is 0. The monoisotopic (exact) mass is 192 g/mol. The van der Waals surface area contributed by atoms with Gasteiger partial charge in [-0.05, 0) is 57.6 Å². The van der Waals surface area contributed by atoms with Gasteiger partial charge in [-0.25, -0.2) is 0 Å². The summed E-state index contributed by atoms with van der Waals surface area (Å²) in [7, 11) is 0. The van der Waals surface area contributed by atoms with E-state index in [9.17, 15) is 0 Å². The Morgan fingerprint density at radius 2 is 1.86 bits per heavy atom. The molecule has 0 bridgehead atoms. The van der Waals surface area contributed by atoms with Gasteiger partial charge >= 0.3 is 0 Å². The molecule has 3 N–H and O–H groups in total. The van der Waals surface area contributed by atoms with Crippen LogP contribution in [0.5, 0.6) is 0 Å². The Morgan fingerprint density at radius 3 is 2.50 bits per heavy atom. The molecule has 0 spiro atoms. The fourth-order valence-corrected chi connectivity index (χ4v) is 2.71. The largest absolute Gasteiger partial charge is 0.362 e. The highest BCUT2D eigenvalue weighted by molar-refractivity contribution is 5.42. The van der Waals surface area contributed by atoms with E-state index in [1.807, 2.05) is 0 Å². The van der Waals surface area contributed by atoms with Crippen LogP contribution in [0.1, 0.15) is 49.2 Å². The second-order valence-electron chi connectivity index (χ2n) is 5.01. The molecule has 0 atom stereocenters. The number of nitrogens with one attached hydrogen (secondary N) is 1. The topological polar surface area (TPSA) is 41.8 Å². The molecule has 0 amide bonds. The zero-order valence-electron chi connectivity index (χ0n) is 9.41. The molecule has 0 saturated carbocycles. The molecule has 1 aromatic rings. The fraction of sp³-hybridized carbons (Fsp3) is 0.667. The van der Waals surface area contributed by atoms with Crippen molar-refractivity contribution in [3.05, 3.63) is 22.5 Å². The molecule has 1 aromatic heterocycles. The second kappa shape index (κ2) is 3.13.